The third kappa shape index (κ3) is 4.19. The first kappa shape index (κ1) is 21.2. The summed E-state index contributed by atoms with van der Waals surface area (Å²) in [6.07, 6.45) is 1.80. The predicted octanol–water partition coefficient (Wildman–Crippen LogP) is 5.81. The average Bonchev–Trinajstić information content (AvgIpc) is 3.34. The van der Waals surface area contributed by atoms with Crippen molar-refractivity contribution >= 4 is 11.8 Å². The van der Waals surface area contributed by atoms with Gasteiger partial charge >= 0.3 is 0 Å². The summed E-state index contributed by atoms with van der Waals surface area (Å²) in [7, 11) is 2.05. The van der Waals surface area contributed by atoms with Crippen molar-refractivity contribution in [2.75, 3.05) is 0 Å². The summed E-state index contributed by atoms with van der Waals surface area (Å²) in [4.78, 5) is 15.1. The predicted molar refractivity (Wildman–Crippen MR) is 132 cm³/mol. The van der Waals surface area contributed by atoms with Crippen LogP contribution in [0.2, 0.25) is 0 Å². The van der Waals surface area contributed by atoms with Crippen LogP contribution in [0.25, 0.3) is 28.5 Å². The Balaban J connectivity index is 1.59. The molecule has 5 aromatic rings. The van der Waals surface area contributed by atoms with E-state index in [2.05, 4.69) is 75.1 Å². The number of rotatable bonds is 5. The quantitative estimate of drug-likeness (QED) is 0.337. The Labute approximate surface area is 197 Å². The van der Waals surface area contributed by atoms with Gasteiger partial charge in [0.25, 0.3) is 0 Å². The fraction of sp³-hybridized carbons (Fsp3) is 0.154. The minimum atomic E-state index is 0.762. The van der Waals surface area contributed by atoms with Crippen LogP contribution in [0, 0.1) is 20.8 Å². The molecule has 0 N–H and O–H groups in total. The Kier molecular flexibility index (Phi) is 5.56. The molecule has 0 aliphatic rings. The monoisotopic (exact) mass is 452 g/mol. The minimum absolute atomic E-state index is 0.762. The van der Waals surface area contributed by atoms with Crippen LogP contribution in [0.1, 0.15) is 17.2 Å². The Bertz CT molecular complexity index is 1400. The summed E-state index contributed by atoms with van der Waals surface area (Å²) in [5, 5.41) is 5.56. The van der Waals surface area contributed by atoms with Crippen molar-refractivity contribution in [2.45, 2.75) is 30.7 Å². The molecule has 0 atom stereocenters. The van der Waals surface area contributed by atoms with Crippen molar-refractivity contribution in [3.05, 3.63) is 90.1 Å². The third-order valence-corrected chi connectivity index (χ3v) is 6.60. The van der Waals surface area contributed by atoms with Crippen LogP contribution < -0.4 is 0 Å². The van der Waals surface area contributed by atoms with Gasteiger partial charge in [-0.2, -0.15) is 5.10 Å². The minimum Gasteiger partial charge on any atom is -0.320 e. The van der Waals surface area contributed by atoms with Crippen molar-refractivity contribution in [3.8, 4) is 28.5 Å². The number of hydrogen-bond donors (Lipinski definition) is 0. The summed E-state index contributed by atoms with van der Waals surface area (Å²) in [5.41, 5.74) is 5.04. The lowest BCUT2D eigenvalue weighted by atomic mass is 10.1. The number of pyridine rings is 1. The van der Waals surface area contributed by atoms with E-state index in [9.17, 15) is 0 Å². The molecule has 0 aliphatic heterocycles. The highest BCUT2D eigenvalue weighted by Gasteiger charge is 2.19. The van der Waals surface area contributed by atoms with Gasteiger partial charge in [-0.3, -0.25) is 4.98 Å². The molecular weight excluding hydrogens is 428 g/mol. The van der Waals surface area contributed by atoms with E-state index in [-0.39, 0.29) is 0 Å². The lowest BCUT2D eigenvalue weighted by molar-refractivity contribution is 0.829. The molecule has 0 aliphatic carbocycles. The SMILES string of the molecule is Cc1ccc(Sc2c(-c3ccc(-n4nc(C)nc4C)cc3)nc(-c3ccccn3)n2C)cc1. The number of imidazole rings is 1. The van der Waals surface area contributed by atoms with Gasteiger partial charge in [0.2, 0.25) is 0 Å². The zero-order valence-electron chi connectivity index (χ0n) is 19.0. The highest BCUT2D eigenvalue weighted by atomic mass is 32.2. The molecule has 0 amide bonds. The molecule has 0 spiro atoms. The fourth-order valence-corrected chi connectivity index (χ4v) is 4.74. The molecule has 7 heteroatoms. The van der Waals surface area contributed by atoms with Crippen molar-refractivity contribution in [1.29, 1.82) is 0 Å². The van der Waals surface area contributed by atoms with Crippen LogP contribution in [0.5, 0.6) is 0 Å². The van der Waals surface area contributed by atoms with E-state index in [4.69, 9.17) is 4.98 Å². The molecule has 0 bridgehead atoms. The summed E-state index contributed by atoms with van der Waals surface area (Å²) < 4.78 is 3.99. The first-order valence-electron chi connectivity index (χ1n) is 10.7. The summed E-state index contributed by atoms with van der Waals surface area (Å²) in [5.74, 6) is 2.47. The second-order valence-electron chi connectivity index (χ2n) is 7.94. The van der Waals surface area contributed by atoms with Crippen LogP contribution >= 0.6 is 11.8 Å². The molecular formula is C26H24N6S. The molecule has 0 radical (unpaired) electrons. The third-order valence-electron chi connectivity index (χ3n) is 5.43. The maximum atomic E-state index is 5.03. The van der Waals surface area contributed by atoms with Gasteiger partial charge in [0, 0.05) is 23.7 Å². The lowest BCUT2D eigenvalue weighted by Gasteiger charge is -2.08. The Morgan fingerprint density at radius 3 is 2.21 bits per heavy atom. The summed E-state index contributed by atoms with van der Waals surface area (Å²) >= 11 is 1.71. The van der Waals surface area contributed by atoms with Crippen LogP contribution in [0.4, 0.5) is 0 Å². The molecule has 0 saturated heterocycles. The van der Waals surface area contributed by atoms with Gasteiger partial charge in [0.1, 0.15) is 28.1 Å². The standard InChI is InChI=1S/C26H24N6S/c1-17-8-14-22(15-9-17)33-26-24(29-25(31(26)4)23-7-5-6-16-27-23)20-10-12-21(13-11-20)32-19(3)28-18(2)30-32/h5-16H,1-4H3. The van der Waals surface area contributed by atoms with Gasteiger partial charge in [-0.15, -0.1) is 0 Å². The molecule has 3 heterocycles. The fourth-order valence-electron chi connectivity index (χ4n) is 3.76. The van der Waals surface area contributed by atoms with Gasteiger partial charge in [0.15, 0.2) is 5.82 Å². The molecule has 0 unspecified atom stereocenters. The average molecular weight is 453 g/mol. The van der Waals surface area contributed by atoms with Gasteiger partial charge in [-0.1, -0.05) is 47.7 Å². The highest BCUT2D eigenvalue weighted by molar-refractivity contribution is 7.99. The molecule has 5 rings (SSSR count). The molecule has 33 heavy (non-hydrogen) atoms. The van der Waals surface area contributed by atoms with Crippen LogP contribution in [0.3, 0.4) is 0 Å². The van der Waals surface area contributed by atoms with E-state index in [0.29, 0.717) is 0 Å². The maximum absolute atomic E-state index is 5.03. The topological polar surface area (TPSA) is 61.4 Å². The molecule has 2 aromatic carbocycles. The zero-order chi connectivity index (χ0) is 22.9. The van der Waals surface area contributed by atoms with Gasteiger partial charge in [0.05, 0.1) is 5.69 Å². The molecule has 164 valence electrons. The zero-order valence-corrected chi connectivity index (χ0v) is 19.8. The van der Waals surface area contributed by atoms with Crippen molar-refractivity contribution in [1.82, 2.24) is 29.3 Å². The maximum Gasteiger partial charge on any atom is 0.159 e. The molecule has 0 saturated carbocycles. The Morgan fingerprint density at radius 1 is 0.818 bits per heavy atom. The van der Waals surface area contributed by atoms with E-state index in [0.717, 1.165) is 45.1 Å². The van der Waals surface area contributed by atoms with E-state index < -0.39 is 0 Å². The normalized spacial score (nSPS) is 11.2. The van der Waals surface area contributed by atoms with Crippen molar-refractivity contribution in [3.63, 3.8) is 0 Å². The van der Waals surface area contributed by atoms with E-state index in [1.165, 1.54) is 10.5 Å². The Hall–Kier alpha value is -3.71. The van der Waals surface area contributed by atoms with Crippen molar-refractivity contribution in [2.24, 2.45) is 7.05 Å². The summed E-state index contributed by atoms with van der Waals surface area (Å²) in [6, 6.07) is 22.8. The van der Waals surface area contributed by atoms with E-state index in [1.807, 2.05) is 43.8 Å². The smallest absolute Gasteiger partial charge is 0.159 e. The van der Waals surface area contributed by atoms with Gasteiger partial charge in [-0.05, 0) is 57.2 Å². The summed E-state index contributed by atoms with van der Waals surface area (Å²) in [6.45, 7) is 5.96. The second-order valence-corrected chi connectivity index (χ2v) is 9.01. The van der Waals surface area contributed by atoms with Crippen LogP contribution in [-0.4, -0.2) is 29.3 Å². The lowest BCUT2D eigenvalue weighted by Crippen LogP contribution is -1.99. The van der Waals surface area contributed by atoms with Crippen molar-refractivity contribution < 1.29 is 0 Å². The number of nitrogens with zero attached hydrogens (tertiary/aromatic N) is 6. The number of aromatic nitrogens is 6. The second kappa shape index (κ2) is 8.67. The first-order chi connectivity index (χ1) is 16.0. The first-order valence-corrected chi connectivity index (χ1v) is 11.5. The highest BCUT2D eigenvalue weighted by Crippen LogP contribution is 2.38. The van der Waals surface area contributed by atoms with Gasteiger partial charge < -0.3 is 4.57 Å². The number of benzene rings is 2. The van der Waals surface area contributed by atoms with Gasteiger partial charge in [-0.25, -0.2) is 14.6 Å². The van der Waals surface area contributed by atoms with Crippen LogP contribution in [0.15, 0.2) is 82.8 Å². The largest absolute Gasteiger partial charge is 0.320 e. The number of hydrogen-bond acceptors (Lipinski definition) is 5. The molecule has 6 nitrogen and oxygen atoms in total. The number of aryl methyl sites for hydroxylation is 3. The molecule has 3 aromatic heterocycles. The Morgan fingerprint density at radius 2 is 1.58 bits per heavy atom. The van der Waals surface area contributed by atoms with Crippen LogP contribution in [-0.2, 0) is 7.05 Å². The van der Waals surface area contributed by atoms with E-state index >= 15 is 0 Å². The van der Waals surface area contributed by atoms with E-state index in [1.54, 1.807) is 18.0 Å². The molecule has 0 fully saturated rings.